The lowest BCUT2D eigenvalue weighted by Gasteiger charge is -2.11. The van der Waals surface area contributed by atoms with Crippen LogP contribution in [-0.4, -0.2) is 40.3 Å². The van der Waals surface area contributed by atoms with Gasteiger partial charge in [-0.15, -0.1) is 0 Å². The largest absolute Gasteiger partial charge is 0.356 e. The summed E-state index contributed by atoms with van der Waals surface area (Å²) in [5, 5.41) is 6.37. The first-order valence-electron chi connectivity index (χ1n) is 7.82. The SMILES string of the molecule is CCCCCNC(=NC)NCCCS(=O)(=O)c1ccccc1. The minimum atomic E-state index is -3.19. The first-order valence-corrected chi connectivity index (χ1v) is 9.47. The van der Waals surface area contributed by atoms with Crippen molar-refractivity contribution in [3.05, 3.63) is 30.3 Å². The smallest absolute Gasteiger partial charge is 0.190 e. The van der Waals surface area contributed by atoms with E-state index in [1.165, 1.54) is 12.8 Å². The molecule has 5 nitrogen and oxygen atoms in total. The van der Waals surface area contributed by atoms with Crippen LogP contribution in [0.3, 0.4) is 0 Å². The molecular weight excluding hydrogens is 298 g/mol. The zero-order valence-electron chi connectivity index (χ0n) is 13.5. The van der Waals surface area contributed by atoms with Gasteiger partial charge in [-0.3, -0.25) is 4.99 Å². The predicted octanol–water partition coefficient (Wildman–Crippen LogP) is 2.21. The molecule has 1 aromatic rings. The second-order valence-corrected chi connectivity index (χ2v) is 7.23. The molecule has 22 heavy (non-hydrogen) atoms. The number of rotatable bonds is 9. The van der Waals surface area contributed by atoms with Crippen LogP contribution in [0.4, 0.5) is 0 Å². The molecule has 0 aliphatic rings. The van der Waals surface area contributed by atoms with Crippen molar-refractivity contribution < 1.29 is 8.42 Å². The van der Waals surface area contributed by atoms with Gasteiger partial charge in [0, 0.05) is 20.1 Å². The lowest BCUT2D eigenvalue weighted by Crippen LogP contribution is -2.38. The summed E-state index contributed by atoms with van der Waals surface area (Å²) in [7, 11) is -1.47. The van der Waals surface area contributed by atoms with Crippen LogP contribution in [0.15, 0.2) is 40.2 Å². The average Bonchev–Trinajstić information content (AvgIpc) is 2.54. The van der Waals surface area contributed by atoms with Crippen LogP contribution in [0.5, 0.6) is 0 Å². The Bertz CT molecular complexity index is 542. The summed E-state index contributed by atoms with van der Waals surface area (Å²) in [6.07, 6.45) is 4.04. The highest BCUT2D eigenvalue weighted by Gasteiger charge is 2.12. The van der Waals surface area contributed by atoms with Gasteiger partial charge in [-0.25, -0.2) is 8.42 Å². The van der Waals surface area contributed by atoms with E-state index in [1.54, 1.807) is 31.3 Å². The maximum Gasteiger partial charge on any atom is 0.190 e. The summed E-state index contributed by atoms with van der Waals surface area (Å²) in [4.78, 5) is 4.51. The molecule has 0 bridgehead atoms. The van der Waals surface area contributed by atoms with Gasteiger partial charge >= 0.3 is 0 Å². The summed E-state index contributed by atoms with van der Waals surface area (Å²) in [6.45, 7) is 3.63. The van der Waals surface area contributed by atoms with Gasteiger partial charge < -0.3 is 10.6 Å². The van der Waals surface area contributed by atoms with E-state index in [-0.39, 0.29) is 5.75 Å². The van der Waals surface area contributed by atoms with E-state index < -0.39 is 9.84 Å². The normalized spacial score (nSPS) is 12.2. The zero-order chi connectivity index (χ0) is 16.3. The third-order valence-corrected chi connectivity index (χ3v) is 5.10. The summed E-state index contributed by atoms with van der Waals surface area (Å²) in [5.74, 6) is 0.866. The number of sulfone groups is 1. The molecule has 0 amide bonds. The maximum atomic E-state index is 12.1. The number of nitrogens with zero attached hydrogens (tertiary/aromatic N) is 1. The van der Waals surface area contributed by atoms with E-state index in [1.807, 2.05) is 6.07 Å². The number of unbranched alkanes of at least 4 members (excludes halogenated alkanes) is 2. The van der Waals surface area contributed by atoms with Crippen molar-refractivity contribution in [1.29, 1.82) is 0 Å². The highest BCUT2D eigenvalue weighted by atomic mass is 32.2. The van der Waals surface area contributed by atoms with Crippen molar-refractivity contribution in [2.75, 3.05) is 25.9 Å². The quantitative estimate of drug-likeness (QED) is 0.415. The maximum absolute atomic E-state index is 12.1. The lowest BCUT2D eigenvalue weighted by atomic mass is 10.2. The molecule has 0 heterocycles. The number of aliphatic imine (C=N–C) groups is 1. The summed E-state index contributed by atoms with van der Waals surface area (Å²) in [6, 6.07) is 8.57. The molecule has 0 unspecified atom stereocenters. The topological polar surface area (TPSA) is 70.6 Å². The molecule has 6 heteroatoms. The number of guanidine groups is 1. The van der Waals surface area contributed by atoms with Crippen LogP contribution in [0.25, 0.3) is 0 Å². The molecule has 0 saturated carbocycles. The lowest BCUT2D eigenvalue weighted by molar-refractivity contribution is 0.592. The van der Waals surface area contributed by atoms with E-state index in [0.717, 1.165) is 18.9 Å². The van der Waals surface area contributed by atoms with Crippen LogP contribution in [0.2, 0.25) is 0 Å². The number of nitrogens with one attached hydrogen (secondary N) is 2. The molecule has 0 aliphatic heterocycles. The molecular formula is C16H27N3O2S. The fraction of sp³-hybridized carbons (Fsp3) is 0.562. The van der Waals surface area contributed by atoms with E-state index in [9.17, 15) is 8.42 Å². The van der Waals surface area contributed by atoms with Gasteiger partial charge in [0.05, 0.1) is 10.6 Å². The third kappa shape index (κ3) is 6.93. The van der Waals surface area contributed by atoms with Gasteiger partial charge in [-0.1, -0.05) is 38.0 Å². The van der Waals surface area contributed by atoms with Gasteiger partial charge in [0.2, 0.25) is 0 Å². The Labute approximate surface area is 134 Å². The van der Waals surface area contributed by atoms with Crippen molar-refractivity contribution in [3.63, 3.8) is 0 Å². The Morgan fingerprint density at radius 1 is 1.05 bits per heavy atom. The molecule has 1 aromatic carbocycles. The van der Waals surface area contributed by atoms with E-state index in [0.29, 0.717) is 17.9 Å². The van der Waals surface area contributed by atoms with Gasteiger partial charge in [0.15, 0.2) is 15.8 Å². The van der Waals surface area contributed by atoms with E-state index in [4.69, 9.17) is 0 Å². The van der Waals surface area contributed by atoms with Gasteiger partial charge in [-0.2, -0.15) is 0 Å². The Morgan fingerprint density at radius 3 is 2.27 bits per heavy atom. The molecule has 0 aromatic heterocycles. The molecule has 0 aliphatic carbocycles. The molecule has 1 rings (SSSR count). The van der Waals surface area contributed by atoms with Crippen LogP contribution in [0.1, 0.15) is 32.6 Å². The van der Waals surface area contributed by atoms with Crippen molar-refractivity contribution in [3.8, 4) is 0 Å². The highest BCUT2D eigenvalue weighted by molar-refractivity contribution is 7.91. The Balaban J connectivity index is 2.29. The van der Waals surface area contributed by atoms with Gasteiger partial charge in [0.1, 0.15) is 0 Å². The fourth-order valence-electron chi connectivity index (χ4n) is 2.02. The number of hydrogen-bond donors (Lipinski definition) is 2. The Morgan fingerprint density at radius 2 is 1.68 bits per heavy atom. The zero-order valence-corrected chi connectivity index (χ0v) is 14.3. The van der Waals surface area contributed by atoms with Crippen LogP contribution < -0.4 is 10.6 Å². The molecule has 0 spiro atoms. The van der Waals surface area contributed by atoms with Crippen molar-refractivity contribution >= 4 is 15.8 Å². The first-order chi connectivity index (χ1) is 10.6. The van der Waals surface area contributed by atoms with Crippen LogP contribution >= 0.6 is 0 Å². The molecule has 0 atom stereocenters. The molecule has 0 fully saturated rings. The van der Waals surface area contributed by atoms with Crippen LogP contribution in [-0.2, 0) is 9.84 Å². The minimum absolute atomic E-state index is 0.136. The third-order valence-electron chi connectivity index (χ3n) is 3.28. The van der Waals surface area contributed by atoms with Crippen molar-refractivity contribution in [2.24, 2.45) is 4.99 Å². The molecule has 0 radical (unpaired) electrons. The van der Waals surface area contributed by atoms with Crippen molar-refractivity contribution in [2.45, 2.75) is 37.5 Å². The Kier molecular flexibility index (Phi) is 8.58. The first kappa shape index (κ1) is 18.5. The molecule has 0 saturated heterocycles. The second kappa shape index (κ2) is 10.2. The summed E-state index contributed by atoms with van der Waals surface area (Å²) in [5.41, 5.74) is 0. The van der Waals surface area contributed by atoms with Crippen molar-refractivity contribution in [1.82, 2.24) is 10.6 Å². The highest BCUT2D eigenvalue weighted by Crippen LogP contribution is 2.10. The van der Waals surface area contributed by atoms with Gasteiger partial charge in [0.25, 0.3) is 0 Å². The average molecular weight is 325 g/mol. The Hall–Kier alpha value is -1.56. The number of hydrogen-bond acceptors (Lipinski definition) is 3. The molecule has 124 valence electrons. The van der Waals surface area contributed by atoms with E-state index in [2.05, 4.69) is 22.5 Å². The monoisotopic (exact) mass is 325 g/mol. The van der Waals surface area contributed by atoms with Gasteiger partial charge in [-0.05, 0) is 25.0 Å². The molecule has 2 N–H and O–H groups in total. The number of benzene rings is 1. The predicted molar refractivity (Wildman–Crippen MR) is 92.0 cm³/mol. The summed E-state index contributed by atoms with van der Waals surface area (Å²) < 4.78 is 24.2. The fourth-order valence-corrected chi connectivity index (χ4v) is 3.35. The standard InChI is InChI=1S/C16H27N3O2S/c1-3-4-8-12-18-16(17-2)19-13-9-14-22(20,21)15-10-6-5-7-11-15/h5-7,10-11H,3-4,8-9,12-14H2,1-2H3,(H2,17,18,19). The minimum Gasteiger partial charge on any atom is -0.356 e. The van der Waals surface area contributed by atoms with E-state index >= 15 is 0 Å². The van der Waals surface area contributed by atoms with Crippen LogP contribution in [0, 0.1) is 0 Å². The summed E-state index contributed by atoms with van der Waals surface area (Å²) >= 11 is 0. The second-order valence-electron chi connectivity index (χ2n) is 5.12.